The monoisotopic (exact) mass is 368 g/mol. The van der Waals surface area contributed by atoms with Crippen molar-refractivity contribution in [1.82, 2.24) is 21.3 Å². The molecular weight excluding hydrogens is 332 g/mol. The van der Waals surface area contributed by atoms with Crippen LogP contribution in [0.1, 0.15) is 66.2 Å². The molecule has 3 amide bonds. The van der Waals surface area contributed by atoms with E-state index >= 15 is 0 Å². The number of rotatable bonds is 12. The highest BCUT2D eigenvalue weighted by Crippen LogP contribution is 2.07. The van der Waals surface area contributed by atoms with E-state index in [0.29, 0.717) is 24.9 Å². The van der Waals surface area contributed by atoms with Crippen molar-refractivity contribution >= 4 is 17.7 Å². The maximum Gasteiger partial charge on any atom is 0.243 e. The molecule has 7 nitrogen and oxygen atoms in total. The Morgan fingerprint density at radius 3 is 2.27 bits per heavy atom. The Morgan fingerprint density at radius 2 is 1.62 bits per heavy atom. The number of carbonyl (C=O) groups is 3. The van der Waals surface area contributed by atoms with Crippen molar-refractivity contribution in [3.05, 3.63) is 0 Å². The zero-order valence-electron chi connectivity index (χ0n) is 16.7. The van der Waals surface area contributed by atoms with Gasteiger partial charge in [0.25, 0.3) is 0 Å². The third-order valence-electron chi connectivity index (χ3n) is 4.41. The molecule has 2 unspecified atom stereocenters. The predicted octanol–water partition coefficient (Wildman–Crippen LogP) is 1.08. The molecule has 0 aromatic heterocycles. The van der Waals surface area contributed by atoms with Gasteiger partial charge in [0.1, 0.15) is 12.1 Å². The third kappa shape index (κ3) is 9.17. The van der Waals surface area contributed by atoms with Crippen LogP contribution in [0, 0.1) is 5.92 Å². The maximum absolute atomic E-state index is 12.2. The van der Waals surface area contributed by atoms with E-state index in [1.165, 1.54) is 0 Å². The van der Waals surface area contributed by atoms with Gasteiger partial charge in [-0.3, -0.25) is 14.4 Å². The summed E-state index contributed by atoms with van der Waals surface area (Å²) in [5.41, 5.74) is 0. The zero-order chi connectivity index (χ0) is 19.5. The minimum atomic E-state index is -0.775. The Morgan fingerprint density at radius 1 is 0.962 bits per heavy atom. The van der Waals surface area contributed by atoms with Gasteiger partial charge in [0.15, 0.2) is 0 Å². The number of carbonyl (C=O) groups excluding carboxylic acids is 3. The van der Waals surface area contributed by atoms with Gasteiger partial charge in [0.2, 0.25) is 17.7 Å². The average molecular weight is 369 g/mol. The molecule has 0 spiro atoms. The molecular formula is C19H36N4O3. The lowest BCUT2D eigenvalue weighted by Gasteiger charge is -2.29. The quantitative estimate of drug-likeness (QED) is 0.387. The van der Waals surface area contributed by atoms with Crippen molar-refractivity contribution < 1.29 is 14.4 Å². The lowest BCUT2D eigenvalue weighted by molar-refractivity contribution is -0.138. The minimum absolute atomic E-state index is 0.0105. The fourth-order valence-electron chi connectivity index (χ4n) is 2.88. The van der Waals surface area contributed by atoms with Gasteiger partial charge in [-0.25, -0.2) is 0 Å². The zero-order valence-corrected chi connectivity index (χ0v) is 16.7. The Balaban J connectivity index is 2.26. The standard InChI is InChI=1S/C19H36N4O3/c1-13(2)8-5-6-10-21-17(24)12-16-19(26)22-15(18(25)23-16)9-7-11-20-14(3)4/h13-16,20H,5-12H2,1-4H3,(H,21,24)(H,22,26)(H,23,25). The predicted molar refractivity (Wildman–Crippen MR) is 103 cm³/mol. The van der Waals surface area contributed by atoms with Crippen molar-refractivity contribution in [2.75, 3.05) is 13.1 Å². The first kappa shape index (κ1) is 22.4. The molecule has 2 atom stereocenters. The van der Waals surface area contributed by atoms with E-state index in [1.807, 2.05) is 0 Å². The SMILES string of the molecule is CC(C)CCCCNC(=O)CC1NC(=O)C(CCCNC(C)C)NC1=O. The summed E-state index contributed by atoms with van der Waals surface area (Å²) in [7, 11) is 0. The number of hydrogen-bond acceptors (Lipinski definition) is 4. The second-order valence-electron chi connectivity index (χ2n) is 7.82. The topological polar surface area (TPSA) is 99.3 Å². The molecule has 1 rings (SSSR count). The molecule has 0 aromatic rings. The van der Waals surface area contributed by atoms with Crippen LogP contribution in [0.2, 0.25) is 0 Å². The first-order chi connectivity index (χ1) is 12.3. The first-order valence-corrected chi connectivity index (χ1v) is 9.90. The average Bonchev–Trinajstić information content (AvgIpc) is 2.54. The van der Waals surface area contributed by atoms with E-state index in [0.717, 1.165) is 32.2 Å². The minimum Gasteiger partial charge on any atom is -0.356 e. The van der Waals surface area contributed by atoms with Crippen LogP contribution in [-0.2, 0) is 14.4 Å². The number of hydrogen-bond donors (Lipinski definition) is 4. The summed E-state index contributed by atoms with van der Waals surface area (Å²) >= 11 is 0. The summed E-state index contributed by atoms with van der Waals surface area (Å²) in [5, 5.41) is 11.5. The lowest BCUT2D eigenvalue weighted by atomic mass is 10.0. The Labute approximate surface area is 157 Å². The van der Waals surface area contributed by atoms with Crippen LogP contribution in [0.3, 0.4) is 0 Å². The molecule has 4 N–H and O–H groups in total. The van der Waals surface area contributed by atoms with E-state index in [9.17, 15) is 14.4 Å². The van der Waals surface area contributed by atoms with Crippen molar-refractivity contribution in [2.24, 2.45) is 5.92 Å². The van der Waals surface area contributed by atoms with Gasteiger partial charge >= 0.3 is 0 Å². The fourth-order valence-corrected chi connectivity index (χ4v) is 2.88. The summed E-state index contributed by atoms with van der Waals surface area (Å²) in [5.74, 6) is -0.0132. The first-order valence-electron chi connectivity index (χ1n) is 9.90. The van der Waals surface area contributed by atoms with Crippen molar-refractivity contribution in [3.63, 3.8) is 0 Å². The lowest BCUT2D eigenvalue weighted by Crippen LogP contribution is -2.62. The van der Waals surface area contributed by atoms with Gasteiger partial charge in [0.05, 0.1) is 6.42 Å². The highest BCUT2D eigenvalue weighted by Gasteiger charge is 2.34. The molecule has 0 aliphatic carbocycles. The molecule has 26 heavy (non-hydrogen) atoms. The van der Waals surface area contributed by atoms with Crippen LogP contribution in [0.25, 0.3) is 0 Å². The molecule has 1 aliphatic rings. The van der Waals surface area contributed by atoms with Crippen LogP contribution in [-0.4, -0.2) is 48.9 Å². The highest BCUT2D eigenvalue weighted by molar-refractivity contribution is 5.99. The maximum atomic E-state index is 12.2. The summed E-state index contributed by atoms with van der Waals surface area (Å²) < 4.78 is 0. The second kappa shape index (κ2) is 11.9. The molecule has 1 heterocycles. The molecule has 0 radical (unpaired) electrons. The molecule has 0 bridgehead atoms. The van der Waals surface area contributed by atoms with Crippen LogP contribution >= 0.6 is 0 Å². The molecule has 150 valence electrons. The van der Waals surface area contributed by atoms with E-state index in [1.54, 1.807) is 0 Å². The molecule has 1 fully saturated rings. The largest absolute Gasteiger partial charge is 0.356 e. The number of nitrogens with one attached hydrogen (secondary N) is 4. The normalized spacial score (nSPS) is 20.2. The van der Waals surface area contributed by atoms with Crippen molar-refractivity contribution in [3.8, 4) is 0 Å². The van der Waals surface area contributed by atoms with Crippen molar-refractivity contribution in [2.45, 2.75) is 84.3 Å². The van der Waals surface area contributed by atoms with Gasteiger partial charge in [-0.2, -0.15) is 0 Å². The van der Waals surface area contributed by atoms with Gasteiger partial charge in [-0.1, -0.05) is 40.5 Å². The van der Waals surface area contributed by atoms with E-state index in [4.69, 9.17) is 0 Å². The van der Waals surface area contributed by atoms with E-state index < -0.39 is 12.1 Å². The summed E-state index contributed by atoms with van der Waals surface area (Å²) in [6.45, 7) is 9.90. The summed E-state index contributed by atoms with van der Waals surface area (Å²) in [4.78, 5) is 36.3. The Kier molecular flexibility index (Phi) is 10.2. The fraction of sp³-hybridized carbons (Fsp3) is 0.842. The van der Waals surface area contributed by atoms with Crippen LogP contribution < -0.4 is 21.3 Å². The van der Waals surface area contributed by atoms with Crippen LogP contribution in [0.4, 0.5) is 0 Å². The Hall–Kier alpha value is -1.63. The number of piperazine rings is 1. The Bertz CT molecular complexity index is 464. The third-order valence-corrected chi connectivity index (χ3v) is 4.41. The van der Waals surface area contributed by atoms with Gasteiger partial charge < -0.3 is 21.3 Å². The summed E-state index contributed by atoms with van der Waals surface area (Å²) in [6.07, 6.45) is 4.53. The van der Waals surface area contributed by atoms with Gasteiger partial charge in [-0.05, 0) is 31.7 Å². The smallest absolute Gasteiger partial charge is 0.243 e. The van der Waals surface area contributed by atoms with Gasteiger partial charge in [-0.15, -0.1) is 0 Å². The summed E-state index contributed by atoms with van der Waals surface area (Å²) in [6, 6.07) is -0.881. The highest BCUT2D eigenvalue weighted by atomic mass is 16.2. The molecule has 0 aromatic carbocycles. The molecule has 1 saturated heterocycles. The van der Waals surface area contributed by atoms with Crippen LogP contribution in [0.15, 0.2) is 0 Å². The van der Waals surface area contributed by atoms with Crippen LogP contribution in [0.5, 0.6) is 0 Å². The second-order valence-corrected chi connectivity index (χ2v) is 7.82. The number of amides is 3. The van der Waals surface area contributed by atoms with E-state index in [2.05, 4.69) is 49.0 Å². The molecule has 0 saturated carbocycles. The number of unbranched alkanes of at least 4 members (excludes halogenated alkanes) is 1. The van der Waals surface area contributed by atoms with Crippen molar-refractivity contribution in [1.29, 1.82) is 0 Å². The molecule has 7 heteroatoms. The molecule has 1 aliphatic heterocycles. The van der Waals surface area contributed by atoms with E-state index in [-0.39, 0.29) is 24.1 Å². The van der Waals surface area contributed by atoms with Gasteiger partial charge in [0, 0.05) is 12.6 Å².